The van der Waals surface area contributed by atoms with E-state index in [1.54, 1.807) is 0 Å². The number of hydrogen-bond acceptors (Lipinski definition) is 3. The van der Waals surface area contributed by atoms with Crippen LogP contribution in [0, 0.1) is 0 Å². The third-order valence-electron chi connectivity index (χ3n) is 5.39. The molecule has 1 aromatic heterocycles. The maximum Gasteiger partial charge on any atom is 0.413 e. The maximum atomic E-state index is 13.9. The second-order valence-electron chi connectivity index (χ2n) is 8.14. The highest BCUT2D eigenvalue weighted by atomic mass is 28.4. The highest BCUT2D eigenvalue weighted by Gasteiger charge is 2.55. The first kappa shape index (κ1) is 20.0. The summed E-state index contributed by atoms with van der Waals surface area (Å²) in [6, 6.07) is 10.1. The highest BCUT2D eigenvalue weighted by molar-refractivity contribution is 6.89. The standard InChI is InChI=1S/C20H25F3N2OSi/c1-19(2,3)27(12-6-8-15-7-4-5-9-17(15)27)26-18(20(21,22)23)13-16-10-11-24-14-25-16/h4-5,7,9-11,14,18H,6,8,12-13H2,1-3H3/t18-,27+/m1/s1. The van der Waals surface area contributed by atoms with Crippen molar-refractivity contribution in [1.82, 2.24) is 9.97 Å². The molecule has 3 rings (SSSR count). The van der Waals surface area contributed by atoms with Gasteiger partial charge in [-0.05, 0) is 40.7 Å². The minimum Gasteiger partial charge on any atom is -0.400 e. The Hall–Kier alpha value is -1.73. The topological polar surface area (TPSA) is 35.0 Å². The molecule has 3 nitrogen and oxygen atoms in total. The van der Waals surface area contributed by atoms with Crippen LogP contribution in [0.1, 0.15) is 38.4 Å². The lowest BCUT2D eigenvalue weighted by atomic mass is 10.1. The molecule has 0 unspecified atom stereocenters. The first-order chi connectivity index (χ1) is 12.6. The second-order valence-corrected chi connectivity index (χ2v) is 12.6. The number of hydrogen-bond donors (Lipinski definition) is 0. The number of aryl methyl sites for hydroxylation is 1. The van der Waals surface area contributed by atoms with Gasteiger partial charge < -0.3 is 4.43 Å². The van der Waals surface area contributed by atoms with Gasteiger partial charge >= 0.3 is 6.18 Å². The monoisotopic (exact) mass is 394 g/mol. The van der Waals surface area contributed by atoms with Gasteiger partial charge in [-0.3, -0.25) is 0 Å². The van der Waals surface area contributed by atoms with Gasteiger partial charge in [-0.15, -0.1) is 0 Å². The van der Waals surface area contributed by atoms with Gasteiger partial charge in [0, 0.05) is 18.3 Å². The van der Waals surface area contributed by atoms with Crippen molar-refractivity contribution in [2.45, 2.75) is 63.4 Å². The Kier molecular flexibility index (Phi) is 5.45. The average molecular weight is 395 g/mol. The van der Waals surface area contributed by atoms with E-state index in [2.05, 4.69) is 9.97 Å². The number of halogens is 3. The van der Waals surface area contributed by atoms with Gasteiger partial charge in [0.05, 0.1) is 0 Å². The van der Waals surface area contributed by atoms with Gasteiger partial charge in [0.15, 0.2) is 0 Å². The quantitative estimate of drug-likeness (QED) is 0.713. The van der Waals surface area contributed by atoms with Crippen molar-refractivity contribution in [2.24, 2.45) is 0 Å². The summed E-state index contributed by atoms with van der Waals surface area (Å²) in [5.74, 6) is 0. The summed E-state index contributed by atoms with van der Waals surface area (Å²) in [4.78, 5) is 7.77. The fourth-order valence-corrected chi connectivity index (χ4v) is 8.86. The molecule has 0 saturated carbocycles. The molecule has 1 aliphatic rings. The smallest absolute Gasteiger partial charge is 0.400 e. The SMILES string of the molecule is CC(C)(C)[Si@]1(O[C@H](Cc2ccncn2)C(F)(F)F)CCCc2ccccc21. The fraction of sp³-hybridized carbons (Fsp3) is 0.500. The maximum absolute atomic E-state index is 13.9. The zero-order chi connectivity index (χ0) is 19.7. The summed E-state index contributed by atoms with van der Waals surface area (Å²) >= 11 is 0. The van der Waals surface area contributed by atoms with E-state index in [9.17, 15) is 13.2 Å². The Bertz CT molecular complexity index is 777. The van der Waals surface area contributed by atoms with Gasteiger partial charge in [-0.25, -0.2) is 9.97 Å². The number of aromatic nitrogens is 2. The minimum atomic E-state index is -4.46. The zero-order valence-electron chi connectivity index (χ0n) is 15.9. The van der Waals surface area contributed by atoms with Crippen LogP contribution in [0.2, 0.25) is 11.1 Å². The molecule has 0 aliphatic carbocycles. The molecule has 146 valence electrons. The lowest BCUT2D eigenvalue weighted by molar-refractivity contribution is -0.198. The molecule has 1 aromatic carbocycles. The molecule has 0 radical (unpaired) electrons. The number of alkyl halides is 3. The van der Waals surface area contributed by atoms with Crippen LogP contribution in [0.5, 0.6) is 0 Å². The summed E-state index contributed by atoms with van der Waals surface area (Å²) in [7, 11) is -2.90. The third-order valence-corrected chi connectivity index (χ3v) is 10.9. The summed E-state index contributed by atoms with van der Waals surface area (Å²) in [5.41, 5.74) is 1.47. The van der Waals surface area contributed by atoms with Gasteiger partial charge in [0.1, 0.15) is 12.4 Å². The van der Waals surface area contributed by atoms with E-state index in [1.165, 1.54) is 18.6 Å². The first-order valence-corrected chi connectivity index (χ1v) is 11.3. The molecule has 2 heterocycles. The van der Waals surface area contributed by atoms with E-state index in [-0.39, 0.29) is 11.5 Å². The molecule has 0 saturated heterocycles. The Morgan fingerprint density at radius 1 is 1.15 bits per heavy atom. The van der Waals surface area contributed by atoms with E-state index >= 15 is 0 Å². The Labute approximate surface area is 159 Å². The van der Waals surface area contributed by atoms with Crippen molar-refractivity contribution in [3.63, 3.8) is 0 Å². The van der Waals surface area contributed by atoms with Crippen LogP contribution in [-0.2, 0) is 17.3 Å². The molecule has 0 spiro atoms. The van der Waals surface area contributed by atoms with Crippen LogP contribution in [0.15, 0.2) is 42.9 Å². The molecule has 2 atom stereocenters. The number of fused-ring (bicyclic) bond motifs is 1. The first-order valence-electron chi connectivity index (χ1n) is 9.21. The van der Waals surface area contributed by atoms with Gasteiger partial charge in [-0.2, -0.15) is 13.2 Å². The minimum absolute atomic E-state index is 0.293. The van der Waals surface area contributed by atoms with Crippen molar-refractivity contribution < 1.29 is 17.6 Å². The number of rotatable bonds is 4. The van der Waals surface area contributed by atoms with E-state index in [4.69, 9.17) is 4.43 Å². The van der Waals surface area contributed by atoms with Crippen molar-refractivity contribution in [3.05, 3.63) is 54.1 Å². The van der Waals surface area contributed by atoms with Crippen molar-refractivity contribution in [1.29, 1.82) is 0 Å². The van der Waals surface area contributed by atoms with Gasteiger partial charge in [-0.1, -0.05) is 45.0 Å². The Balaban J connectivity index is 2.03. The molecule has 0 N–H and O–H groups in total. The number of benzene rings is 1. The van der Waals surface area contributed by atoms with E-state index in [0.29, 0.717) is 11.7 Å². The van der Waals surface area contributed by atoms with Crippen LogP contribution in [-0.4, -0.2) is 30.6 Å². The second kappa shape index (κ2) is 7.35. The molecular formula is C20H25F3N2OSi. The van der Waals surface area contributed by atoms with Crippen LogP contribution in [0.3, 0.4) is 0 Å². The largest absolute Gasteiger partial charge is 0.413 e. The highest BCUT2D eigenvalue weighted by Crippen LogP contribution is 2.45. The molecule has 7 heteroatoms. The van der Waals surface area contributed by atoms with Crippen LogP contribution in [0.4, 0.5) is 13.2 Å². The number of nitrogens with zero attached hydrogens (tertiary/aromatic N) is 2. The molecule has 0 fully saturated rings. The molecule has 0 bridgehead atoms. The van der Waals surface area contributed by atoms with Gasteiger partial charge in [0.25, 0.3) is 0 Å². The average Bonchev–Trinajstić information content (AvgIpc) is 2.60. The van der Waals surface area contributed by atoms with Crippen molar-refractivity contribution >= 4 is 13.5 Å². The Morgan fingerprint density at radius 3 is 2.52 bits per heavy atom. The third kappa shape index (κ3) is 4.09. The lowest BCUT2D eigenvalue weighted by Gasteiger charge is -2.47. The van der Waals surface area contributed by atoms with Crippen molar-refractivity contribution in [3.8, 4) is 0 Å². The summed E-state index contributed by atoms with van der Waals surface area (Å²) in [6.45, 7) is 6.04. The van der Waals surface area contributed by atoms with Crippen LogP contribution in [0.25, 0.3) is 0 Å². The molecule has 27 heavy (non-hydrogen) atoms. The van der Waals surface area contributed by atoms with Crippen LogP contribution < -0.4 is 5.19 Å². The predicted octanol–water partition coefficient (Wildman–Crippen LogP) is 4.57. The normalized spacial score (nSPS) is 21.6. The molecule has 2 aromatic rings. The van der Waals surface area contributed by atoms with E-state index in [0.717, 1.165) is 23.6 Å². The molecular weight excluding hydrogens is 369 g/mol. The molecule has 1 aliphatic heterocycles. The lowest BCUT2D eigenvalue weighted by Crippen LogP contribution is -2.63. The van der Waals surface area contributed by atoms with E-state index in [1.807, 2.05) is 45.0 Å². The summed E-state index contributed by atoms with van der Waals surface area (Å²) in [6.07, 6.45) is -2.13. The van der Waals surface area contributed by atoms with Crippen LogP contribution >= 0.6 is 0 Å². The van der Waals surface area contributed by atoms with Gasteiger partial charge in [0.2, 0.25) is 8.32 Å². The predicted molar refractivity (Wildman–Crippen MR) is 101 cm³/mol. The Morgan fingerprint density at radius 2 is 1.89 bits per heavy atom. The fourth-order valence-electron chi connectivity index (χ4n) is 3.97. The summed E-state index contributed by atoms with van der Waals surface area (Å²) < 4.78 is 48.0. The van der Waals surface area contributed by atoms with Crippen molar-refractivity contribution in [2.75, 3.05) is 0 Å². The van der Waals surface area contributed by atoms with E-state index < -0.39 is 20.6 Å². The summed E-state index contributed by atoms with van der Waals surface area (Å²) in [5, 5.41) is 0.652. The zero-order valence-corrected chi connectivity index (χ0v) is 16.9. The molecule has 0 amide bonds.